The number of halogens is 1. The highest BCUT2D eigenvalue weighted by Crippen LogP contribution is 2.31. The van der Waals surface area contributed by atoms with E-state index in [1.807, 2.05) is 27.7 Å². The fourth-order valence-corrected chi connectivity index (χ4v) is 5.01. The number of nitrogens with zero attached hydrogens (tertiary/aromatic N) is 1. The quantitative estimate of drug-likeness (QED) is 0.611. The van der Waals surface area contributed by atoms with Gasteiger partial charge in [-0.2, -0.15) is 11.3 Å². The number of carbonyl (C=O) groups is 1. The summed E-state index contributed by atoms with van der Waals surface area (Å²) in [5.41, 5.74) is 1.63. The van der Waals surface area contributed by atoms with Crippen LogP contribution in [-0.4, -0.2) is 11.0 Å². The molecule has 2 aromatic rings. The van der Waals surface area contributed by atoms with Gasteiger partial charge in [0, 0.05) is 0 Å². The number of amides is 1. The summed E-state index contributed by atoms with van der Waals surface area (Å²) in [6.07, 6.45) is -0.0890. The van der Waals surface area contributed by atoms with E-state index in [2.05, 4.69) is 4.36 Å². The first-order valence-corrected chi connectivity index (χ1v) is 11.2. The van der Waals surface area contributed by atoms with Crippen LogP contribution in [-0.2, 0) is 31.6 Å². The van der Waals surface area contributed by atoms with Crippen LogP contribution in [0.3, 0.4) is 0 Å². The Kier molecular flexibility index (Phi) is 7.17. The van der Waals surface area contributed by atoms with Crippen molar-refractivity contribution < 1.29 is 18.5 Å². The second-order valence-electron chi connectivity index (χ2n) is 7.96. The molecule has 1 aromatic heterocycles. The normalized spacial score (nSPS) is 13.5. The van der Waals surface area contributed by atoms with E-state index >= 15 is 0 Å². The van der Waals surface area contributed by atoms with Gasteiger partial charge in [0.2, 0.25) is 5.91 Å². The topological polar surface area (TPSA) is 66.7 Å². The Morgan fingerprint density at radius 1 is 1.25 bits per heavy atom. The fourth-order valence-electron chi connectivity index (χ4n) is 3.07. The molecule has 0 spiro atoms. The molecular formula is C21H27FNO3S2-. The lowest BCUT2D eigenvalue weighted by molar-refractivity contribution is -0.117. The van der Waals surface area contributed by atoms with Crippen molar-refractivity contribution in [2.45, 2.75) is 69.6 Å². The van der Waals surface area contributed by atoms with Gasteiger partial charge in [-0.1, -0.05) is 39.8 Å². The number of carbonyl (C=O) groups excluding carboxylic acids is 1. The van der Waals surface area contributed by atoms with Gasteiger partial charge in [0.15, 0.2) is 0 Å². The molecule has 0 saturated carbocycles. The molecule has 7 heteroatoms. The van der Waals surface area contributed by atoms with Crippen molar-refractivity contribution >= 4 is 27.8 Å². The number of benzene rings is 1. The zero-order chi connectivity index (χ0) is 21.2. The molecule has 2 rings (SSSR count). The average Bonchev–Trinajstić information content (AvgIpc) is 3.04. The largest absolute Gasteiger partial charge is 0.439 e. The second kappa shape index (κ2) is 8.84. The summed E-state index contributed by atoms with van der Waals surface area (Å²) in [6, 6.07) is 4.75. The Morgan fingerprint density at radius 3 is 2.39 bits per heavy atom. The first kappa shape index (κ1) is 22.7. The Balaban J connectivity index is 2.37. The van der Waals surface area contributed by atoms with Gasteiger partial charge >= 0.3 is 0 Å². The Bertz CT molecular complexity index is 949. The lowest BCUT2D eigenvalue weighted by atomic mass is 9.86. The molecule has 28 heavy (non-hydrogen) atoms. The van der Waals surface area contributed by atoms with Gasteiger partial charge in [0.1, 0.15) is 5.82 Å². The SMILES string of the molecule is CC(C)c1ccc(F)c(C(C)C)c1CC(=O)N=[S-](=O)c1cc(C(C)(C)O)cs1. The fraction of sp³-hybridized carbons (Fsp3) is 0.476. The molecule has 0 bridgehead atoms. The number of hydrogen-bond acceptors (Lipinski definition) is 5. The lowest BCUT2D eigenvalue weighted by Crippen LogP contribution is -2.13. The number of thiophene rings is 1. The standard InChI is InChI=1S/C21H27FNO3S2/c1-12(2)15-7-8-17(22)20(13(3)4)16(15)10-18(24)23-28(26)19-9-14(11-27-19)21(5,6)25/h7-9,11-13,25H,10H2,1-6H3/q-1. The molecule has 1 N–H and O–H groups in total. The van der Waals surface area contributed by atoms with E-state index in [4.69, 9.17) is 0 Å². The number of rotatable bonds is 6. The van der Waals surface area contributed by atoms with E-state index in [1.54, 1.807) is 31.4 Å². The molecule has 0 aliphatic rings. The predicted octanol–water partition coefficient (Wildman–Crippen LogP) is 5.64. The Hall–Kier alpha value is -1.57. The van der Waals surface area contributed by atoms with Crippen molar-refractivity contribution in [2.24, 2.45) is 4.36 Å². The van der Waals surface area contributed by atoms with Crippen molar-refractivity contribution in [1.29, 1.82) is 0 Å². The molecule has 0 atom stereocenters. The maximum Gasteiger partial charge on any atom is 0.227 e. The third-order valence-electron chi connectivity index (χ3n) is 4.51. The summed E-state index contributed by atoms with van der Waals surface area (Å²) in [5, 5.41) is 11.7. The van der Waals surface area contributed by atoms with Gasteiger partial charge < -0.3 is 13.7 Å². The van der Waals surface area contributed by atoms with E-state index in [1.165, 1.54) is 17.4 Å². The molecule has 1 amide bonds. The molecule has 0 radical (unpaired) electrons. The number of hydrogen-bond donors (Lipinski definition) is 1. The Morgan fingerprint density at radius 2 is 1.89 bits per heavy atom. The van der Waals surface area contributed by atoms with Crippen LogP contribution < -0.4 is 0 Å². The lowest BCUT2D eigenvalue weighted by Gasteiger charge is -2.20. The summed E-state index contributed by atoms with van der Waals surface area (Å²) in [5.74, 6) is -0.848. The third-order valence-corrected chi connectivity index (χ3v) is 6.78. The highest BCUT2D eigenvalue weighted by molar-refractivity contribution is 7.78. The molecule has 0 unspecified atom stereocenters. The molecular weight excluding hydrogens is 397 g/mol. The summed E-state index contributed by atoms with van der Waals surface area (Å²) in [7, 11) is -1.85. The van der Waals surface area contributed by atoms with Crippen molar-refractivity contribution in [3.05, 3.63) is 51.7 Å². The summed E-state index contributed by atoms with van der Waals surface area (Å²) >= 11 is 1.19. The van der Waals surface area contributed by atoms with Crippen LogP contribution in [0.15, 0.2) is 32.2 Å². The Labute approximate surface area is 172 Å². The van der Waals surface area contributed by atoms with Crippen LogP contribution >= 0.6 is 11.3 Å². The summed E-state index contributed by atoms with van der Waals surface area (Å²) in [4.78, 5) is 12.5. The van der Waals surface area contributed by atoms with Gasteiger partial charge in [0.05, 0.1) is 12.0 Å². The zero-order valence-electron chi connectivity index (χ0n) is 17.1. The van der Waals surface area contributed by atoms with E-state index in [0.29, 0.717) is 20.9 Å². The molecule has 154 valence electrons. The zero-order valence-corrected chi connectivity index (χ0v) is 18.7. The maximum atomic E-state index is 14.4. The molecule has 4 nitrogen and oxygen atoms in total. The highest BCUT2D eigenvalue weighted by atomic mass is 32.2. The van der Waals surface area contributed by atoms with Crippen LogP contribution in [0.1, 0.15) is 75.6 Å². The van der Waals surface area contributed by atoms with E-state index in [-0.39, 0.29) is 24.1 Å². The molecule has 1 heterocycles. The average molecular weight is 425 g/mol. The van der Waals surface area contributed by atoms with Gasteiger partial charge in [-0.15, -0.1) is 10.6 Å². The molecule has 0 saturated heterocycles. The van der Waals surface area contributed by atoms with Crippen LogP contribution in [0.2, 0.25) is 0 Å². The molecule has 0 aliphatic heterocycles. The van der Waals surface area contributed by atoms with Crippen molar-refractivity contribution in [2.75, 3.05) is 0 Å². The van der Waals surface area contributed by atoms with E-state index in [9.17, 15) is 18.5 Å². The van der Waals surface area contributed by atoms with E-state index in [0.717, 1.165) is 5.56 Å². The second-order valence-corrected chi connectivity index (χ2v) is 10.3. The van der Waals surface area contributed by atoms with Crippen LogP contribution in [0.5, 0.6) is 0 Å². The van der Waals surface area contributed by atoms with Gasteiger partial charge in [-0.25, -0.2) is 4.39 Å². The van der Waals surface area contributed by atoms with Crippen molar-refractivity contribution in [1.82, 2.24) is 0 Å². The number of aliphatic hydroxyl groups is 1. The molecule has 0 fully saturated rings. The maximum absolute atomic E-state index is 14.4. The highest BCUT2D eigenvalue weighted by Gasteiger charge is 2.20. The van der Waals surface area contributed by atoms with Crippen LogP contribution in [0.4, 0.5) is 4.39 Å². The summed E-state index contributed by atoms with van der Waals surface area (Å²) in [6.45, 7) is 11.0. The third kappa shape index (κ3) is 5.27. The smallest absolute Gasteiger partial charge is 0.227 e. The minimum absolute atomic E-state index is 0.0846. The van der Waals surface area contributed by atoms with Crippen molar-refractivity contribution in [3.8, 4) is 0 Å². The minimum Gasteiger partial charge on any atom is -0.439 e. The van der Waals surface area contributed by atoms with Gasteiger partial charge in [-0.05, 0) is 63.6 Å². The van der Waals surface area contributed by atoms with E-state index < -0.39 is 22.1 Å². The first-order valence-electron chi connectivity index (χ1n) is 9.20. The first-order chi connectivity index (χ1) is 12.9. The van der Waals surface area contributed by atoms with Gasteiger partial charge in [-0.3, -0.25) is 4.79 Å². The molecule has 0 aliphatic carbocycles. The monoisotopic (exact) mass is 424 g/mol. The minimum atomic E-state index is -1.85. The van der Waals surface area contributed by atoms with Crippen LogP contribution in [0.25, 0.3) is 0 Å². The molecule has 1 aromatic carbocycles. The summed E-state index contributed by atoms with van der Waals surface area (Å²) < 4.78 is 31.1. The predicted molar refractivity (Wildman–Crippen MR) is 112 cm³/mol. The van der Waals surface area contributed by atoms with Crippen molar-refractivity contribution in [3.63, 3.8) is 0 Å². The van der Waals surface area contributed by atoms with Crippen LogP contribution in [0, 0.1) is 5.82 Å². The van der Waals surface area contributed by atoms with Gasteiger partial charge in [0.25, 0.3) is 0 Å².